The van der Waals surface area contributed by atoms with Gasteiger partial charge in [0.25, 0.3) is 0 Å². The molecule has 0 spiro atoms. The molecule has 1 heterocycles. The van der Waals surface area contributed by atoms with Crippen LogP contribution in [-0.4, -0.2) is 34.7 Å². The van der Waals surface area contributed by atoms with Crippen molar-refractivity contribution in [1.82, 2.24) is 20.4 Å². The smallest absolute Gasteiger partial charge is 0.166 e. The van der Waals surface area contributed by atoms with Crippen molar-refractivity contribution in [2.45, 2.75) is 19.9 Å². The minimum atomic E-state index is 0.647. The van der Waals surface area contributed by atoms with Crippen LogP contribution in [0.4, 0.5) is 0 Å². The van der Waals surface area contributed by atoms with Crippen LogP contribution < -0.4 is 10.6 Å². The standard InChI is InChI=1S/C11H19BrN4OS/c1-3-17-6-4-5-13-11(18)14-8-10-9(12)7-15-16(10)2/h7H,3-6,8H2,1-2H3,(H2,13,14,18). The first-order valence-electron chi connectivity index (χ1n) is 5.91. The van der Waals surface area contributed by atoms with E-state index in [9.17, 15) is 0 Å². The van der Waals surface area contributed by atoms with E-state index in [-0.39, 0.29) is 0 Å². The zero-order valence-corrected chi connectivity index (χ0v) is 13.1. The fourth-order valence-electron chi connectivity index (χ4n) is 1.38. The van der Waals surface area contributed by atoms with Gasteiger partial charge in [-0.2, -0.15) is 5.10 Å². The molecule has 5 nitrogen and oxygen atoms in total. The molecule has 0 aromatic carbocycles. The summed E-state index contributed by atoms with van der Waals surface area (Å²) in [5, 5.41) is 11.1. The van der Waals surface area contributed by atoms with E-state index in [4.69, 9.17) is 17.0 Å². The molecule has 0 saturated carbocycles. The lowest BCUT2D eigenvalue weighted by Crippen LogP contribution is -2.36. The Hall–Kier alpha value is -0.660. The van der Waals surface area contributed by atoms with Crippen LogP contribution in [0.5, 0.6) is 0 Å². The lowest BCUT2D eigenvalue weighted by Gasteiger charge is -2.11. The summed E-state index contributed by atoms with van der Waals surface area (Å²) in [6.45, 7) is 4.98. The van der Waals surface area contributed by atoms with Crippen molar-refractivity contribution in [1.29, 1.82) is 0 Å². The Labute approximate surface area is 121 Å². The lowest BCUT2D eigenvalue weighted by molar-refractivity contribution is 0.145. The van der Waals surface area contributed by atoms with E-state index in [1.54, 1.807) is 6.20 Å². The van der Waals surface area contributed by atoms with Crippen molar-refractivity contribution in [3.63, 3.8) is 0 Å². The molecule has 7 heteroatoms. The van der Waals surface area contributed by atoms with E-state index >= 15 is 0 Å². The summed E-state index contributed by atoms with van der Waals surface area (Å²) in [7, 11) is 1.90. The number of nitrogens with zero attached hydrogens (tertiary/aromatic N) is 2. The van der Waals surface area contributed by atoms with Gasteiger partial charge in [0.1, 0.15) is 0 Å². The van der Waals surface area contributed by atoms with Crippen LogP contribution in [0, 0.1) is 0 Å². The van der Waals surface area contributed by atoms with Crippen LogP contribution in [0.3, 0.4) is 0 Å². The predicted molar refractivity (Wildman–Crippen MR) is 79.5 cm³/mol. The fourth-order valence-corrected chi connectivity index (χ4v) is 2.04. The van der Waals surface area contributed by atoms with Crippen LogP contribution in [0.1, 0.15) is 19.0 Å². The zero-order chi connectivity index (χ0) is 13.4. The maximum Gasteiger partial charge on any atom is 0.166 e. The number of aryl methyl sites for hydroxylation is 1. The zero-order valence-electron chi connectivity index (χ0n) is 10.7. The number of hydrogen-bond acceptors (Lipinski definition) is 3. The van der Waals surface area contributed by atoms with Crippen molar-refractivity contribution in [3.8, 4) is 0 Å². The Morgan fingerprint density at radius 3 is 2.94 bits per heavy atom. The normalized spacial score (nSPS) is 10.4. The van der Waals surface area contributed by atoms with Gasteiger partial charge in [-0.1, -0.05) is 0 Å². The second-order valence-corrected chi connectivity index (χ2v) is 4.99. The number of nitrogens with one attached hydrogen (secondary N) is 2. The summed E-state index contributed by atoms with van der Waals surface area (Å²) in [6, 6.07) is 0. The number of halogens is 1. The molecule has 1 aromatic rings. The summed E-state index contributed by atoms with van der Waals surface area (Å²) in [5.74, 6) is 0. The van der Waals surface area contributed by atoms with Crippen LogP contribution in [0.25, 0.3) is 0 Å². The third-order valence-electron chi connectivity index (χ3n) is 2.38. The summed E-state index contributed by atoms with van der Waals surface area (Å²) in [4.78, 5) is 0. The highest BCUT2D eigenvalue weighted by molar-refractivity contribution is 9.10. The highest BCUT2D eigenvalue weighted by atomic mass is 79.9. The first kappa shape index (κ1) is 15.4. The molecule has 0 atom stereocenters. The lowest BCUT2D eigenvalue weighted by atomic mass is 10.4. The monoisotopic (exact) mass is 334 g/mol. The molecule has 18 heavy (non-hydrogen) atoms. The van der Waals surface area contributed by atoms with Crippen LogP contribution in [0.2, 0.25) is 0 Å². The van der Waals surface area contributed by atoms with E-state index in [1.165, 1.54) is 0 Å². The molecule has 102 valence electrons. The molecule has 0 aliphatic rings. The molecule has 0 radical (unpaired) electrons. The van der Waals surface area contributed by atoms with Gasteiger partial charge in [0.15, 0.2) is 5.11 Å². The predicted octanol–water partition coefficient (Wildman–Crippen LogP) is 1.57. The van der Waals surface area contributed by atoms with Gasteiger partial charge in [-0.3, -0.25) is 4.68 Å². The fraction of sp³-hybridized carbons (Fsp3) is 0.636. The number of aromatic nitrogens is 2. The van der Waals surface area contributed by atoms with Crippen LogP contribution in [-0.2, 0) is 18.3 Å². The average Bonchev–Trinajstić information content (AvgIpc) is 2.66. The Balaban J connectivity index is 2.17. The van der Waals surface area contributed by atoms with Crippen molar-refractivity contribution < 1.29 is 4.74 Å². The van der Waals surface area contributed by atoms with Crippen molar-refractivity contribution in [2.24, 2.45) is 7.05 Å². The molecular formula is C11H19BrN4OS. The number of hydrogen-bond donors (Lipinski definition) is 2. The topological polar surface area (TPSA) is 51.1 Å². The third-order valence-corrected chi connectivity index (χ3v) is 3.33. The molecule has 0 aliphatic heterocycles. The summed E-state index contributed by atoms with van der Waals surface area (Å²) in [6.07, 6.45) is 2.72. The largest absolute Gasteiger partial charge is 0.382 e. The summed E-state index contributed by atoms with van der Waals surface area (Å²) >= 11 is 8.63. The molecule has 0 unspecified atom stereocenters. The molecule has 0 saturated heterocycles. The van der Waals surface area contributed by atoms with Gasteiger partial charge >= 0.3 is 0 Å². The summed E-state index contributed by atoms with van der Waals surface area (Å²) in [5.41, 5.74) is 1.06. The number of ether oxygens (including phenoxy) is 1. The van der Waals surface area contributed by atoms with E-state index in [1.807, 2.05) is 18.7 Å². The van der Waals surface area contributed by atoms with Crippen LogP contribution >= 0.6 is 28.1 Å². The molecule has 2 N–H and O–H groups in total. The second-order valence-electron chi connectivity index (χ2n) is 3.72. The van der Waals surface area contributed by atoms with E-state index < -0.39 is 0 Å². The minimum absolute atomic E-state index is 0.647. The second kappa shape index (κ2) is 8.44. The van der Waals surface area contributed by atoms with E-state index in [0.29, 0.717) is 11.7 Å². The van der Waals surface area contributed by atoms with Gasteiger partial charge in [0.05, 0.1) is 22.9 Å². The Morgan fingerprint density at radius 2 is 2.33 bits per heavy atom. The maximum atomic E-state index is 5.24. The molecule has 0 fully saturated rings. The van der Waals surface area contributed by atoms with Gasteiger partial charge < -0.3 is 15.4 Å². The highest BCUT2D eigenvalue weighted by Gasteiger charge is 2.05. The van der Waals surface area contributed by atoms with Crippen LogP contribution in [0.15, 0.2) is 10.7 Å². The number of rotatable bonds is 7. The molecule has 1 aromatic heterocycles. The van der Waals surface area contributed by atoms with Crippen molar-refractivity contribution >= 4 is 33.3 Å². The van der Waals surface area contributed by atoms with Gasteiger partial charge in [-0.05, 0) is 41.5 Å². The molecular weight excluding hydrogens is 316 g/mol. The first-order valence-corrected chi connectivity index (χ1v) is 7.11. The van der Waals surface area contributed by atoms with E-state index in [0.717, 1.165) is 36.3 Å². The van der Waals surface area contributed by atoms with Gasteiger partial charge in [0, 0.05) is 26.8 Å². The van der Waals surface area contributed by atoms with Gasteiger partial charge in [0.2, 0.25) is 0 Å². The highest BCUT2D eigenvalue weighted by Crippen LogP contribution is 2.14. The van der Waals surface area contributed by atoms with E-state index in [2.05, 4.69) is 31.7 Å². The van der Waals surface area contributed by atoms with Crippen molar-refractivity contribution in [2.75, 3.05) is 19.8 Å². The number of thiocarbonyl (C=S) groups is 1. The van der Waals surface area contributed by atoms with Gasteiger partial charge in [-0.15, -0.1) is 0 Å². The SMILES string of the molecule is CCOCCCNC(=S)NCc1c(Br)cnn1C. The molecule has 1 rings (SSSR count). The first-order chi connectivity index (χ1) is 8.65. The minimum Gasteiger partial charge on any atom is -0.382 e. The molecule has 0 bridgehead atoms. The van der Waals surface area contributed by atoms with Gasteiger partial charge in [-0.25, -0.2) is 0 Å². The maximum absolute atomic E-state index is 5.24. The summed E-state index contributed by atoms with van der Waals surface area (Å²) < 4.78 is 8.04. The Morgan fingerprint density at radius 1 is 1.56 bits per heavy atom. The third kappa shape index (κ3) is 5.32. The molecule has 0 aliphatic carbocycles. The van der Waals surface area contributed by atoms with Crippen molar-refractivity contribution in [3.05, 3.63) is 16.4 Å². The molecule has 0 amide bonds. The average molecular weight is 335 g/mol. The Bertz CT molecular complexity index is 364. The quantitative estimate of drug-likeness (QED) is 0.585. The Kier molecular flexibility index (Phi) is 7.22.